The highest BCUT2D eigenvalue weighted by molar-refractivity contribution is 9.10. The average Bonchev–Trinajstić information content (AvgIpc) is 3.11. The maximum absolute atomic E-state index is 11.8. The van der Waals surface area contributed by atoms with E-state index < -0.39 is 10.8 Å². The summed E-state index contributed by atoms with van der Waals surface area (Å²) in [6, 6.07) is 14.4. The number of carbonyl (C=O) groups excluding carboxylic acids is 1. The van der Waals surface area contributed by atoms with Gasteiger partial charge in [0, 0.05) is 6.07 Å². The summed E-state index contributed by atoms with van der Waals surface area (Å²) < 4.78 is 6.30. The number of hydrazone groups is 1. The molecule has 9 heteroatoms. The number of benzene rings is 2. The molecule has 1 aromatic heterocycles. The Bertz CT molecular complexity index is 1000. The zero-order valence-electron chi connectivity index (χ0n) is 13.2. The molecule has 26 heavy (non-hydrogen) atoms. The minimum atomic E-state index is -0.476. The number of amides is 1. The van der Waals surface area contributed by atoms with E-state index in [1.807, 2.05) is 30.3 Å². The summed E-state index contributed by atoms with van der Waals surface area (Å²) in [5.74, 6) is 0.115. The van der Waals surface area contributed by atoms with Crippen molar-refractivity contribution < 1.29 is 14.5 Å². The summed E-state index contributed by atoms with van der Waals surface area (Å²) in [6.45, 7) is -0.209. The maximum atomic E-state index is 11.8. The lowest BCUT2D eigenvalue weighted by atomic mass is 10.1. The number of thiophene rings is 1. The molecule has 0 aliphatic rings. The van der Waals surface area contributed by atoms with Crippen molar-refractivity contribution in [1.82, 2.24) is 5.43 Å². The third-order valence-electron chi connectivity index (χ3n) is 3.36. The fourth-order valence-electron chi connectivity index (χ4n) is 2.18. The van der Waals surface area contributed by atoms with Gasteiger partial charge in [-0.15, -0.1) is 0 Å². The van der Waals surface area contributed by atoms with Crippen LogP contribution >= 0.6 is 27.3 Å². The molecule has 7 nitrogen and oxygen atoms in total. The summed E-state index contributed by atoms with van der Waals surface area (Å²) in [4.78, 5) is 22.5. The van der Waals surface area contributed by atoms with Crippen LogP contribution in [0.5, 0.6) is 5.75 Å². The third kappa shape index (κ3) is 4.24. The van der Waals surface area contributed by atoms with E-state index in [4.69, 9.17) is 4.74 Å². The molecular weight excluding hydrogens is 422 g/mol. The van der Waals surface area contributed by atoms with Crippen LogP contribution in [0.4, 0.5) is 5.00 Å². The largest absolute Gasteiger partial charge is 0.483 e. The highest BCUT2D eigenvalue weighted by atomic mass is 79.9. The van der Waals surface area contributed by atoms with E-state index in [0.29, 0.717) is 10.6 Å². The van der Waals surface area contributed by atoms with Gasteiger partial charge in [-0.3, -0.25) is 14.9 Å². The Balaban J connectivity index is 1.56. The first-order valence-electron chi connectivity index (χ1n) is 7.41. The van der Waals surface area contributed by atoms with E-state index in [0.717, 1.165) is 26.6 Å². The minimum absolute atomic E-state index is 0.0160. The molecule has 3 rings (SSSR count). The number of nitro groups is 1. The van der Waals surface area contributed by atoms with E-state index in [9.17, 15) is 14.9 Å². The van der Waals surface area contributed by atoms with Crippen LogP contribution in [0, 0.1) is 10.1 Å². The Morgan fingerprint density at radius 2 is 2.08 bits per heavy atom. The number of fused-ring (bicyclic) bond motifs is 1. The number of nitrogens with one attached hydrogen (secondary N) is 1. The average molecular weight is 434 g/mol. The molecule has 0 fully saturated rings. The van der Waals surface area contributed by atoms with Crippen LogP contribution in [-0.4, -0.2) is 23.7 Å². The molecule has 0 unspecified atom stereocenters. The van der Waals surface area contributed by atoms with E-state index >= 15 is 0 Å². The first-order chi connectivity index (χ1) is 12.5. The van der Waals surface area contributed by atoms with E-state index in [1.54, 1.807) is 12.1 Å². The standard InChI is InChI=1S/C17H12BrN3O4S/c18-17-13-4-2-1-3-11(13)5-7-14(17)25-10-15(22)20-19-9-12-6-8-16(26-12)21(23)24/h1-9H,10H2,(H,20,22)/b19-9-. The van der Waals surface area contributed by atoms with E-state index in [-0.39, 0.29) is 11.6 Å². The van der Waals surface area contributed by atoms with Gasteiger partial charge in [-0.1, -0.05) is 41.7 Å². The summed E-state index contributed by atoms with van der Waals surface area (Å²) in [5.41, 5.74) is 2.32. The zero-order chi connectivity index (χ0) is 18.5. The Hall–Kier alpha value is -2.78. The molecule has 0 aliphatic heterocycles. The Morgan fingerprint density at radius 1 is 1.27 bits per heavy atom. The summed E-state index contributed by atoms with van der Waals surface area (Å²) >= 11 is 4.46. The molecule has 3 aromatic rings. The topological polar surface area (TPSA) is 93.8 Å². The predicted molar refractivity (Wildman–Crippen MR) is 104 cm³/mol. The second kappa shape index (κ2) is 8.07. The molecule has 1 N–H and O–H groups in total. The predicted octanol–water partition coefficient (Wildman–Crippen LogP) is 4.10. The molecule has 2 aromatic carbocycles. The van der Waals surface area contributed by atoms with Gasteiger partial charge in [0.2, 0.25) is 0 Å². The molecule has 0 bridgehead atoms. The second-order valence-electron chi connectivity index (χ2n) is 5.11. The molecule has 0 saturated carbocycles. The van der Waals surface area contributed by atoms with Crippen molar-refractivity contribution in [1.29, 1.82) is 0 Å². The van der Waals surface area contributed by atoms with Crippen molar-refractivity contribution in [2.24, 2.45) is 5.10 Å². The number of hydrogen-bond donors (Lipinski definition) is 1. The molecule has 132 valence electrons. The quantitative estimate of drug-likeness (QED) is 0.359. The maximum Gasteiger partial charge on any atom is 0.324 e. The Morgan fingerprint density at radius 3 is 2.85 bits per heavy atom. The smallest absolute Gasteiger partial charge is 0.324 e. The molecule has 0 radical (unpaired) electrons. The van der Waals surface area contributed by atoms with Gasteiger partial charge in [0.05, 0.1) is 20.5 Å². The minimum Gasteiger partial charge on any atom is -0.483 e. The Labute approximate surface area is 160 Å². The summed E-state index contributed by atoms with van der Waals surface area (Å²) in [6.07, 6.45) is 1.35. The van der Waals surface area contributed by atoms with Gasteiger partial charge < -0.3 is 4.74 Å². The van der Waals surface area contributed by atoms with Crippen LogP contribution in [0.15, 0.2) is 58.1 Å². The molecule has 0 saturated heterocycles. The second-order valence-corrected chi connectivity index (χ2v) is 7.00. The molecule has 0 aliphatic carbocycles. The van der Waals surface area contributed by atoms with Crippen molar-refractivity contribution in [3.8, 4) is 5.75 Å². The molecule has 1 heterocycles. The van der Waals surface area contributed by atoms with Crippen LogP contribution in [0.3, 0.4) is 0 Å². The SMILES string of the molecule is O=C(COc1ccc2ccccc2c1Br)N/N=C\c1ccc([N+](=O)[O-])s1. The van der Waals surface area contributed by atoms with Crippen LogP contribution < -0.4 is 10.2 Å². The first kappa shape index (κ1) is 18.0. The van der Waals surface area contributed by atoms with Crippen LogP contribution in [-0.2, 0) is 4.79 Å². The molecular formula is C17H12BrN3O4S. The third-order valence-corrected chi connectivity index (χ3v) is 5.15. The van der Waals surface area contributed by atoms with Crippen molar-refractivity contribution in [2.75, 3.05) is 6.61 Å². The van der Waals surface area contributed by atoms with Gasteiger partial charge in [0.25, 0.3) is 5.91 Å². The number of ether oxygens (including phenoxy) is 1. The zero-order valence-corrected chi connectivity index (χ0v) is 15.6. The fraction of sp³-hybridized carbons (Fsp3) is 0.0588. The highest BCUT2D eigenvalue weighted by Gasteiger charge is 2.09. The lowest BCUT2D eigenvalue weighted by Gasteiger charge is -2.09. The molecule has 0 spiro atoms. The lowest BCUT2D eigenvalue weighted by molar-refractivity contribution is -0.380. The first-order valence-corrected chi connectivity index (χ1v) is 9.02. The summed E-state index contributed by atoms with van der Waals surface area (Å²) in [7, 11) is 0. The molecule has 1 amide bonds. The fourth-order valence-corrected chi connectivity index (χ4v) is 3.48. The molecule has 0 atom stereocenters. The number of hydrogen-bond acceptors (Lipinski definition) is 6. The Kier molecular flexibility index (Phi) is 5.59. The van der Waals surface area contributed by atoms with E-state index in [1.165, 1.54) is 12.3 Å². The number of rotatable bonds is 6. The van der Waals surface area contributed by atoms with Crippen LogP contribution in [0.1, 0.15) is 4.88 Å². The normalized spacial score (nSPS) is 11.0. The lowest BCUT2D eigenvalue weighted by Crippen LogP contribution is -2.24. The number of nitrogens with zero attached hydrogens (tertiary/aromatic N) is 2. The number of carbonyl (C=O) groups is 1. The number of halogens is 1. The monoisotopic (exact) mass is 433 g/mol. The van der Waals surface area contributed by atoms with Gasteiger partial charge in [0.1, 0.15) is 5.75 Å². The van der Waals surface area contributed by atoms with Crippen LogP contribution in [0.25, 0.3) is 10.8 Å². The van der Waals surface area contributed by atoms with Gasteiger partial charge in [-0.05, 0) is 38.8 Å². The van der Waals surface area contributed by atoms with Crippen LogP contribution in [0.2, 0.25) is 0 Å². The van der Waals surface area contributed by atoms with Gasteiger partial charge in [-0.2, -0.15) is 5.10 Å². The van der Waals surface area contributed by atoms with Crippen molar-refractivity contribution in [3.63, 3.8) is 0 Å². The summed E-state index contributed by atoms with van der Waals surface area (Å²) in [5, 5.41) is 16.4. The van der Waals surface area contributed by atoms with E-state index in [2.05, 4.69) is 26.5 Å². The van der Waals surface area contributed by atoms with Crippen molar-refractivity contribution >= 4 is 55.2 Å². The van der Waals surface area contributed by atoms with Gasteiger partial charge in [-0.25, -0.2) is 5.43 Å². The van der Waals surface area contributed by atoms with Gasteiger partial charge >= 0.3 is 5.00 Å². The van der Waals surface area contributed by atoms with Crippen molar-refractivity contribution in [2.45, 2.75) is 0 Å². The van der Waals surface area contributed by atoms with Crippen molar-refractivity contribution in [3.05, 3.63) is 68.0 Å². The highest BCUT2D eigenvalue weighted by Crippen LogP contribution is 2.32. The van der Waals surface area contributed by atoms with Gasteiger partial charge in [0.15, 0.2) is 6.61 Å².